The Hall–Kier alpha value is -1.37. The van der Waals surface area contributed by atoms with Crippen LogP contribution in [0.1, 0.15) is 23.3 Å². The minimum absolute atomic E-state index is 0.152. The van der Waals surface area contributed by atoms with E-state index in [1.807, 2.05) is 0 Å². The van der Waals surface area contributed by atoms with Crippen molar-refractivity contribution in [1.82, 2.24) is 10.3 Å². The molecule has 1 aromatic rings. The van der Waals surface area contributed by atoms with Gasteiger partial charge in [-0.2, -0.15) is 0 Å². The van der Waals surface area contributed by atoms with E-state index in [-0.39, 0.29) is 16.6 Å². The second kappa shape index (κ2) is 6.70. The maximum atomic E-state index is 11.9. The molecule has 19 heavy (non-hydrogen) atoms. The van der Waals surface area contributed by atoms with E-state index in [9.17, 15) is 4.79 Å². The third-order valence-corrected chi connectivity index (χ3v) is 3.10. The van der Waals surface area contributed by atoms with Crippen LogP contribution in [0, 0.1) is 5.92 Å². The molecule has 0 saturated heterocycles. The van der Waals surface area contributed by atoms with E-state index in [0.29, 0.717) is 19.0 Å². The Bertz CT molecular complexity index is 451. The van der Waals surface area contributed by atoms with Gasteiger partial charge in [0.15, 0.2) is 0 Å². The van der Waals surface area contributed by atoms with E-state index in [0.717, 1.165) is 12.5 Å². The lowest BCUT2D eigenvalue weighted by molar-refractivity contribution is 0.0902. The molecule has 1 fully saturated rings. The van der Waals surface area contributed by atoms with E-state index >= 15 is 0 Å². The second-order valence-electron chi connectivity index (χ2n) is 4.45. The van der Waals surface area contributed by atoms with Crippen LogP contribution in [-0.2, 0) is 4.74 Å². The number of halogens is 1. The topological polar surface area (TPSA) is 89.3 Å². The van der Waals surface area contributed by atoms with Gasteiger partial charge in [-0.3, -0.25) is 4.79 Å². The minimum atomic E-state index is -0.336. The molecule has 0 aromatic carbocycles. The van der Waals surface area contributed by atoms with Crippen molar-refractivity contribution in [3.05, 3.63) is 22.8 Å². The van der Waals surface area contributed by atoms with Gasteiger partial charge in [0.25, 0.3) is 5.91 Å². The highest BCUT2D eigenvalue weighted by atomic mass is 35.5. The van der Waals surface area contributed by atoms with E-state index in [1.54, 1.807) is 12.1 Å². The molecule has 1 amide bonds. The van der Waals surface area contributed by atoms with Crippen molar-refractivity contribution in [1.29, 1.82) is 0 Å². The predicted octanol–water partition coefficient (Wildman–Crippen LogP) is 1.18. The summed E-state index contributed by atoms with van der Waals surface area (Å²) in [5, 5.41) is 2.99. The van der Waals surface area contributed by atoms with Crippen LogP contribution in [0.5, 0.6) is 0 Å². The van der Waals surface area contributed by atoms with E-state index in [1.165, 1.54) is 12.8 Å². The molecule has 0 spiro atoms. The van der Waals surface area contributed by atoms with Gasteiger partial charge in [0.2, 0.25) is 0 Å². The van der Waals surface area contributed by atoms with Crippen LogP contribution in [0.2, 0.25) is 5.02 Å². The van der Waals surface area contributed by atoms with Gasteiger partial charge in [-0.15, -0.1) is 0 Å². The molecule has 0 unspecified atom stereocenters. The summed E-state index contributed by atoms with van der Waals surface area (Å²) < 4.78 is 5.42. The average Bonchev–Trinajstić information content (AvgIpc) is 3.23. The first-order chi connectivity index (χ1) is 9.20. The number of aromatic nitrogens is 1. The molecule has 1 heterocycles. The summed E-state index contributed by atoms with van der Waals surface area (Å²) >= 11 is 5.91. The van der Waals surface area contributed by atoms with E-state index in [4.69, 9.17) is 22.2 Å². The van der Waals surface area contributed by atoms with Gasteiger partial charge < -0.3 is 15.5 Å². The Morgan fingerprint density at radius 2 is 2.32 bits per heavy atom. The minimum Gasteiger partial charge on any atom is -0.379 e. The fraction of sp³-hybridized carbons (Fsp3) is 0.500. The third kappa shape index (κ3) is 4.34. The first-order valence-corrected chi connectivity index (χ1v) is 6.57. The van der Waals surface area contributed by atoms with Crippen molar-refractivity contribution in [3.63, 3.8) is 0 Å². The number of rotatable bonds is 7. The third-order valence-electron chi connectivity index (χ3n) is 2.79. The zero-order valence-electron chi connectivity index (χ0n) is 10.5. The molecule has 104 valence electrons. The average molecular weight is 285 g/mol. The SMILES string of the molecule is NNc1ccc(Cl)c(C(=O)NCCOCC2CC2)n1. The van der Waals surface area contributed by atoms with Gasteiger partial charge in [0.1, 0.15) is 11.5 Å². The second-order valence-corrected chi connectivity index (χ2v) is 4.85. The molecule has 1 saturated carbocycles. The fourth-order valence-electron chi connectivity index (χ4n) is 1.54. The lowest BCUT2D eigenvalue weighted by atomic mass is 10.3. The molecule has 0 radical (unpaired) electrons. The molecular weight excluding hydrogens is 268 g/mol. The number of nitrogen functional groups attached to an aromatic ring is 1. The van der Waals surface area contributed by atoms with Gasteiger partial charge in [-0.25, -0.2) is 10.8 Å². The molecule has 1 aromatic heterocycles. The largest absolute Gasteiger partial charge is 0.379 e. The first-order valence-electron chi connectivity index (χ1n) is 6.20. The summed E-state index contributed by atoms with van der Waals surface area (Å²) in [4.78, 5) is 15.9. The zero-order chi connectivity index (χ0) is 13.7. The first kappa shape index (κ1) is 14.0. The summed E-state index contributed by atoms with van der Waals surface area (Å²) in [7, 11) is 0. The number of amides is 1. The Morgan fingerprint density at radius 1 is 1.53 bits per heavy atom. The number of nitrogens with zero attached hydrogens (tertiary/aromatic N) is 1. The number of nitrogens with one attached hydrogen (secondary N) is 2. The van der Waals surface area contributed by atoms with Crippen molar-refractivity contribution in [3.8, 4) is 0 Å². The number of nitrogens with two attached hydrogens (primary N) is 1. The predicted molar refractivity (Wildman–Crippen MR) is 72.9 cm³/mol. The van der Waals surface area contributed by atoms with Crippen LogP contribution in [0.25, 0.3) is 0 Å². The number of carbonyl (C=O) groups is 1. The highest BCUT2D eigenvalue weighted by Gasteiger charge is 2.21. The van der Waals surface area contributed by atoms with Gasteiger partial charge in [-0.05, 0) is 30.9 Å². The Kier molecular flexibility index (Phi) is 4.95. The lowest BCUT2D eigenvalue weighted by Gasteiger charge is -2.08. The number of carbonyl (C=O) groups excluding carboxylic acids is 1. The smallest absolute Gasteiger partial charge is 0.271 e. The Balaban J connectivity index is 1.77. The van der Waals surface area contributed by atoms with Gasteiger partial charge in [0, 0.05) is 13.2 Å². The molecule has 0 bridgehead atoms. The number of hydrogen-bond acceptors (Lipinski definition) is 5. The normalized spacial score (nSPS) is 14.2. The number of anilines is 1. The van der Waals surface area contributed by atoms with Crippen LogP contribution < -0.4 is 16.6 Å². The molecule has 0 atom stereocenters. The molecule has 4 N–H and O–H groups in total. The van der Waals surface area contributed by atoms with Crippen molar-refractivity contribution in [2.75, 3.05) is 25.2 Å². The summed E-state index contributed by atoms with van der Waals surface area (Å²) in [5.74, 6) is 6.01. The van der Waals surface area contributed by atoms with Crippen molar-refractivity contribution < 1.29 is 9.53 Å². The van der Waals surface area contributed by atoms with Crippen LogP contribution in [-0.4, -0.2) is 30.6 Å². The number of hydrogen-bond donors (Lipinski definition) is 3. The summed E-state index contributed by atoms with van der Waals surface area (Å²) in [5.41, 5.74) is 2.52. The summed E-state index contributed by atoms with van der Waals surface area (Å²) in [6, 6.07) is 3.17. The van der Waals surface area contributed by atoms with E-state index < -0.39 is 0 Å². The zero-order valence-corrected chi connectivity index (χ0v) is 11.2. The highest BCUT2D eigenvalue weighted by Crippen LogP contribution is 2.28. The van der Waals surface area contributed by atoms with Gasteiger partial charge in [-0.1, -0.05) is 11.6 Å². The maximum absolute atomic E-state index is 11.9. The van der Waals surface area contributed by atoms with Crippen LogP contribution in [0.4, 0.5) is 5.82 Å². The lowest BCUT2D eigenvalue weighted by Crippen LogP contribution is -2.28. The summed E-state index contributed by atoms with van der Waals surface area (Å²) in [6.07, 6.45) is 2.51. The molecule has 7 heteroatoms. The fourth-order valence-corrected chi connectivity index (χ4v) is 1.73. The summed E-state index contributed by atoms with van der Waals surface area (Å²) in [6.45, 7) is 1.71. The van der Waals surface area contributed by atoms with Crippen molar-refractivity contribution >= 4 is 23.3 Å². The number of pyridine rings is 1. The number of ether oxygens (including phenoxy) is 1. The molecule has 2 rings (SSSR count). The Morgan fingerprint density at radius 3 is 3.00 bits per heavy atom. The van der Waals surface area contributed by atoms with Gasteiger partial charge >= 0.3 is 0 Å². The molecule has 6 nitrogen and oxygen atoms in total. The maximum Gasteiger partial charge on any atom is 0.271 e. The van der Waals surface area contributed by atoms with Crippen molar-refractivity contribution in [2.24, 2.45) is 11.8 Å². The Labute approximate surface area is 116 Å². The standard InChI is InChI=1S/C12H17ClN4O2/c13-9-3-4-10(17-14)16-11(9)12(18)15-5-6-19-7-8-1-2-8/h3-4,8H,1-2,5-7,14H2,(H,15,18)(H,16,17). The molecule has 0 aliphatic heterocycles. The quantitative estimate of drug-likeness (QED) is 0.397. The van der Waals surface area contributed by atoms with E-state index in [2.05, 4.69) is 15.7 Å². The molecular formula is C12H17ClN4O2. The molecule has 1 aliphatic carbocycles. The van der Waals surface area contributed by atoms with Crippen LogP contribution in [0.3, 0.4) is 0 Å². The van der Waals surface area contributed by atoms with Crippen LogP contribution in [0.15, 0.2) is 12.1 Å². The monoisotopic (exact) mass is 284 g/mol. The number of hydrazine groups is 1. The van der Waals surface area contributed by atoms with Crippen LogP contribution >= 0.6 is 11.6 Å². The van der Waals surface area contributed by atoms with Gasteiger partial charge in [0.05, 0.1) is 11.6 Å². The van der Waals surface area contributed by atoms with Crippen molar-refractivity contribution in [2.45, 2.75) is 12.8 Å². The molecule has 1 aliphatic rings. The highest BCUT2D eigenvalue weighted by molar-refractivity contribution is 6.33.